The summed E-state index contributed by atoms with van der Waals surface area (Å²) < 4.78 is 25.7. The molecule has 24 heavy (non-hydrogen) atoms. The molecule has 1 aliphatic rings. The summed E-state index contributed by atoms with van der Waals surface area (Å²) in [4.78, 5) is 16.3. The van der Waals surface area contributed by atoms with E-state index < -0.39 is 10.0 Å². The summed E-state index contributed by atoms with van der Waals surface area (Å²) >= 11 is 1.25. The fourth-order valence-corrected chi connectivity index (χ4v) is 4.80. The number of thiazole rings is 1. The Kier molecular flexibility index (Phi) is 5.05. The van der Waals surface area contributed by atoms with Crippen LogP contribution in [0.5, 0.6) is 0 Å². The molecule has 130 valence electrons. The lowest BCUT2D eigenvalue weighted by Crippen LogP contribution is -2.12. The molecule has 8 heteroatoms. The van der Waals surface area contributed by atoms with Gasteiger partial charge in [0.15, 0.2) is 5.13 Å². The zero-order valence-corrected chi connectivity index (χ0v) is 15.2. The predicted molar refractivity (Wildman–Crippen MR) is 97.9 cm³/mol. The number of rotatable bonds is 6. The number of aromatic nitrogens is 1. The van der Waals surface area contributed by atoms with Crippen molar-refractivity contribution in [1.29, 1.82) is 0 Å². The van der Waals surface area contributed by atoms with E-state index in [1.54, 1.807) is 12.1 Å². The quantitative estimate of drug-likeness (QED) is 0.817. The summed E-state index contributed by atoms with van der Waals surface area (Å²) in [6.07, 6.45) is 7.67. The standard InChI is InChI=1S/C16H21N3O3S2/c1-24(21,22)19-16-18-13-8-7-12(10-14(13)23-16)17-15(20)9-6-11-4-2-3-5-11/h7-8,10-11H,2-6,9H2,1H3,(H,17,20)(H,18,19). The molecular formula is C16H21N3O3S2. The SMILES string of the molecule is CS(=O)(=O)Nc1nc2ccc(NC(=O)CCC3CCCC3)cc2s1. The Morgan fingerprint density at radius 3 is 2.79 bits per heavy atom. The van der Waals surface area contributed by atoms with E-state index in [0.29, 0.717) is 28.7 Å². The molecule has 2 aromatic rings. The van der Waals surface area contributed by atoms with E-state index in [9.17, 15) is 13.2 Å². The minimum absolute atomic E-state index is 0.0280. The van der Waals surface area contributed by atoms with Gasteiger partial charge < -0.3 is 5.32 Å². The van der Waals surface area contributed by atoms with Gasteiger partial charge in [-0.3, -0.25) is 9.52 Å². The average Bonchev–Trinajstić information content (AvgIpc) is 3.11. The van der Waals surface area contributed by atoms with Gasteiger partial charge in [-0.15, -0.1) is 0 Å². The van der Waals surface area contributed by atoms with Gasteiger partial charge in [-0.2, -0.15) is 0 Å². The van der Waals surface area contributed by atoms with Gasteiger partial charge >= 0.3 is 0 Å². The molecule has 0 spiro atoms. The number of sulfonamides is 1. The van der Waals surface area contributed by atoms with Crippen molar-refractivity contribution in [3.05, 3.63) is 18.2 Å². The zero-order chi connectivity index (χ0) is 17.2. The highest BCUT2D eigenvalue weighted by Crippen LogP contribution is 2.30. The van der Waals surface area contributed by atoms with Crippen molar-refractivity contribution in [2.75, 3.05) is 16.3 Å². The molecule has 0 unspecified atom stereocenters. The van der Waals surface area contributed by atoms with Gasteiger partial charge in [-0.1, -0.05) is 37.0 Å². The van der Waals surface area contributed by atoms with Crippen LogP contribution in [0, 0.1) is 5.92 Å². The van der Waals surface area contributed by atoms with Crippen LogP contribution in [0.3, 0.4) is 0 Å². The molecule has 3 rings (SSSR count). The van der Waals surface area contributed by atoms with E-state index in [1.807, 2.05) is 6.07 Å². The maximum absolute atomic E-state index is 12.1. The largest absolute Gasteiger partial charge is 0.326 e. The number of nitrogens with zero attached hydrogens (tertiary/aromatic N) is 1. The lowest BCUT2D eigenvalue weighted by molar-refractivity contribution is -0.116. The first kappa shape index (κ1) is 17.2. The summed E-state index contributed by atoms with van der Waals surface area (Å²) in [5, 5.41) is 3.25. The van der Waals surface area contributed by atoms with Gasteiger partial charge in [-0.05, 0) is 30.5 Å². The Bertz CT molecular complexity index is 839. The molecule has 6 nitrogen and oxygen atoms in total. The van der Waals surface area contributed by atoms with E-state index in [4.69, 9.17) is 0 Å². The fraction of sp³-hybridized carbons (Fsp3) is 0.500. The van der Waals surface area contributed by atoms with Crippen molar-refractivity contribution in [1.82, 2.24) is 4.98 Å². The highest BCUT2D eigenvalue weighted by Gasteiger charge is 2.16. The van der Waals surface area contributed by atoms with Crippen LogP contribution in [0.4, 0.5) is 10.8 Å². The second-order valence-corrected chi connectivity index (χ2v) is 9.09. The van der Waals surface area contributed by atoms with E-state index in [-0.39, 0.29) is 5.91 Å². The number of anilines is 2. The Hall–Kier alpha value is -1.67. The van der Waals surface area contributed by atoms with Crippen molar-refractivity contribution in [3.63, 3.8) is 0 Å². The lowest BCUT2D eigenvalue weighted by Gasteiger charge is -2.09. The molecule has 1 heterocycles. The van der Waals surface area contributed by atoms with E-state index in [1.165, 1.54) is 37.0 Å². The number of carbonyl (C=O) groups is 1. The maximum atomic E-state index is 12.1. The van der Waals surface area contributed by atoms with Gasteiger partial charge in [0.1, 0.15) is 0 Å². The highest BCUT2D eigenvalue weighted by molar-refractivity contribution is 7.92. The summed E-state index contributed by atoms with van der Waals surface area (Å²) in [5.41, 5.74) is 1.42. The fourth-order valence-electron chi connectivity index (χ4n) is 3.06. The van der Waals surface area contributed by atoms with Crippen LogP contribution in [0.1, 0.15) is 38.5 Å². The minimum atomic E-state index is -3.34. The topological polar surface area (TPSA) is 88.2 Å². The van der Waals surface area contributed by atoms with Crippen LogP contribution >= 0.6 is 11.3 Å². The zero-order valence-electron chi connectivity index (χ0n) is 13.5. The van der Waals surface area contributed by atoms with E-state index in [0.717, 1.165) is 17.4 Å². The third kappa shape index (κ3) is 4.67. The van der Waals surface area contributed by atoms with Crippen LogP contribution in [0.2, 0.25) is 0 Å². The lowest BCUT2D eigenvalue weighted by atomic mass is 10.0. The van der Waals surface area contributed by atoms with Crippen LogP contribution in [0.25, 0.3) is 10.2 Å². The molecule has 0 saturated heterocycles. The van der Waals surface area contributed by atoms with E-state index in [2.05, 4.69) is 15.0 Å². The highest BCUT2D eigenvalue weighted by atomic mass is 32.2. The molecule has 1 aliphatic carbocycles. The monoisotopic (exact) mass is 367 g/mol. The first-order chi connectivity index (χ1) is 11.4. The molecule has 0 bridgehead atoms. The molecule has 1 aromatic carbocycles. The normalized spacial score (nSPS) is 15.7. The average molecular weight is 367 g/mol. The van der Waals surface area contributed by atoms with Crippen molar-refractivity contribution < 1.29 is 13.2 Å². The molecule has 1 aromatic heterocycles. The van der Waals surface area contributed by atoms with Crippen LogP contribution < -0.4 is 10.0 Å². The Labute approximate surface area is 145 Å². The summed E-state index contributed by atoms with van der Waals surface area (Å²) in [6.45, 7) is 0. The molecule has 0 radical (unpaired) electrons. The van der Waals surface area contributed by atoms with E-state index >= 15 is 0 Å². The second kappa shape index (κ2) is 7.06. The van der Waals surface area contributed by atoms with Gasteiger partial charge in [0.2, 0.25) is 15.9 Å². The van der Waals surface area contributed by atoms with Crippen molar-refractivity contribution in [2.24, 2.45) is 5.92 Å². The van der Waals surface area contributed by atoms with Crippen LogP contribution in [-0.2, 0) is 14.8 Å². The predicted octanol–water partition coefficient (Wildman–Crippen LogP) is 3.58. The third-order valence-electron chi connectivity index (χ3n) is 4.20. The Morgan fingerprint density at radius 1 is 1.33 bits per heavy atom. The number of fused-ring (bicyclic) bond motifs is 1. The molecule has 1 amide bonds. The summed E-state index contributed by atoms with van der Waals surface area (Å²) in [7, 11) is -3.34. The van der Waals surface area contributed by atoms with Gasteiger partial charge in [0.05, 0.1) is 16.5 Å². The number of hydrogen-bond acceptors (Lipinski definition) is 5. The number of benzene rings is 1. The van der Waals surface area contributed by atoms with Crippen molar-refractivity contribution >= 4 is 48.3 Å². The molecule has 2 N–H and O–H groups in total. The Balaban J connectivity index is 1.63. The smallest absolute Gasteiger partial charge is 0.231 e. The number of hydrogen-bond donors (Lipinski definition) is 2. The first-order valence-electron chi connectivity index (χ1n) is 8.07. The molecule has 0 atom stereocenters. The van der Waals surface area contributed by atoms with Crippen molar-refractivity contribution in [3.8, 4) is 0 Å². The molecule has 1 fully saturated rings. The number of nitrogens with one attached hydrogen (secondary N) is 2. The first-order valence-corrected chi connectivity index (χ1v) is 10.8. The number of amides is 1. The van der Waals surface area contributed by atoms with Crippen LogP contribution in [-0.4, -0.2) is 25.6 Å². The van der Waals surface area contributed by atoms with Crippen LogP contribution in [0.15, 0.2) is 18.2 Å². The van der Waals surface area contributed by atoms with Gasteiger partial charge in [-0.25, -0.2) is 13.4 Å². The number of carbonyl (C=O) groups excluding carboxylic acids is 1. The third-order valence-corrected chi connectivity index (χ3v) is 5.83. The molecule has 0 aliphatic heterocycles. The summed E-state index contributed by atoms with van der Waals surface area (Å²) in [6, 6.07) is 5.40. The van der Waals surface area contributed by atoms with Gasteiger partial charge in [0.25, 0.3) is 0 Å². The second-order valence-electron chi connectivity index (χ2n) is 6.31. The molecular weight excluding hydrogens is 346 g/mol. The van der Waals surface area contributed by atoms with Crippen molar-refractivity contribution in [2.45, 2.75) is 38.5 Å². The summed E-state index contributed by atoms with van der Waals surface area (Å²) in [5.74, 6) is 0.726. The molecule has 1 saturated carbocycles. The minimum Gasteiger partial charge on any atom is -0.326 e. The van der Waals surface area contributed by atoms with Gasteiger partial charge in [0, 0.05) is 12.1 Å². The maximum Gasteiger partial charge on any atom is 0.231 e. The Morgan fingerprint density at radius 2 is 2.08 bits per heavy atom.